The Morgan fingerprint density at radius 3 is 2.53 bits per heavy atom. The van der Waals surface area contributed by atoms with Crippen LogP contribution in [0.25, 0.3) is 0 Å². The van der Waals surface area contributed by atoms with Gasteiger partial charge in [0, 0.05) is 5.56 Å². The maximum atomic E-state index is 9.83. The fraction of sp³-hybridized carbons (Fsp3) is 0.455. The monoisotopic (exact) mass is 248 g/mol. The van der Waals surface area contributed by atoms with Crippen molar-refractivity contribution in [3.63, 3.8) is 0 Å². The molecular formula is C11H14Cl2O2. The van der Waals surface area contributed by atoms with Crippen molar-refractivity contribution in [3.8, 4) is 0 Å². The molecule has 0 aliphatic carbocycles. The van der Waals surface area contributed by atoms with Crippen LogP contribution in [0.4, 0.5) is 0 Å². The summed E-state index contributed by atoms with van der Waals surface area (Å²) in [6.45, 7) is 1.94. The molecule has 4 heteroatoms. The molecule has 0 aliphatic heterocycles. The molecule has 0 saturated carbocycles. The summed E-state index contributed by atoms with van der Waals surface area (Å²) in [5.41, 5.74) is 0.477. The fourth-order valence-corrected chi connectivity index (χ4v) is 1.83. The third-order valence-electron chi connectivity index (χ3n) is 2.25. The Hall–Kier alpha value is -0.280. The summed E-state index contributed by atoms with van der Waals surface area (Å²) in [7, 11) is 0. The summed E-state index contributed by atoms with van der Waals surface area (Å²) in [6.07, 6.45) is -0.442. The second-order valence-electron chi connectivity index (χ2n) is 3.44. The van der Waals surface area contributed by atoms with Crippen molar-refractivity contribution >= 4 is 23.2 Å². The molecule has 2 N–H and O–H groups in total. The average Bonchev–Trinajstić information content (AvgIpc) is 2.21. The summed E-state index contributed by atoms with van der Waals surface area (Å²) in [4.78, 5) is 0. The summed E-state index contributed by atoms with van der Waals surface area (Å²) in [5, 5.41) is 20.2. The van der Waals surface area contributed by atoms with E-state index in [2.05, 4.69) is 0 Å². The minimum Gasteiger partial charge on any atom is -0.390 e. The van der Waals surface area contributed by atoms with Gasteiger partial charge >= 0.3 is 0 Å². The van der Waals surface area contributed by atoms with Crippen LogP contribution in [0.5, 0.6) is 0 Å². The minimum absolute atomic E-state index is 0.307. The van der Waals surface area contributed by atoms with Crippen LogP contribution >= 0.6 is 23.2 Å². The van der Waals surface area contributed by atoms with Gasteiger partial charge in [-0.1, -0.05) is 48.7 Å². The SMILES string of the molecule is CCCC(O)C(O)c1cccc(Cl)c1Cl. The van der Waals surface area contributed by atoms with Gasteiger partial charge < -0.3 is 10.2 Å². The first-order valence-electron chi connectivity index (χ1n) is 4.88. The van der Waals surface area contributed by atoms with Gasteiger partial charge in [0.15, 0.2) is 0 Å². The van der Waals surface area contributed by atoms with Crippen LogP contribution in [0.15, 0.2) is 18.2 Å². The largest absolute Gasteiger partial charge is 0.390 e. The molecule has 0 radical (unpaired) electrons. The molecule has 1 rings (SSSR count). The van der Waals surface area contributed by atoms with Gasteiger partial charge in [-0.15, -0.1) is 0 Å². The van der Waals surface area contributed by atoms with Crippen LogP contribution in [0.3, 0.4) is 0 Å². The van der Waals surface area contributed by atoms with Crippen LogP contribution in [0, 0.1) is 0 Å². The molecule has 84 valence electrons. The maximum absolute atomic E-state index is 9.83. The van der Waals surface area contributed by atoms with Gasteiger partial charge in [0.2, 0.25) is 0 Å². The topological polar surface area (TPSA) is 40.5 Å². The molecule has 15 heavy (non-hydrogen) atoms. The number of benzene rings is 1. The Morgan fingerprint density at radius 2 is 1.93 bits per heavy atom. The van der Waals surface area contributed by atoms with Crippen molar-refractivity contribution in [3.05, 3.63) is 33.8 Å². The normalized spacial score (nSPS) is 15.0. The van der Waals surface area contributed by atoms with Gasteiger partial charge in [0.05, 0.1) is 16.1 Å². The molecule has 0 spiro atoms. The van der Waals surface area contributed by atoms with E-state index in [0.29, 0.717) is 22.0 Å². The van der Waals surface area contributed by atoms with E-state index in [-0.39, 0.29) is 0 Å². The zero-order valence-electron chi connectivity index (χ0n) is 8.45. The second kappa shape index (κ2) is 5.71. The molecule has 2 nitrogen and oxygen atoms in total. The van der Waals surface area contributed by atoms with Gasteiger partial charge in [0.1, 0.15) is 6.10 Å². The van der Waals surface area contributed by atoms with Gasteiger partial charge in [0.25, 0.3) is 0 Å². The third kappa shape index (κ3) is 3.08. The predicted molar refractivity (Wildman–Crippen MR) is 62.3 cm³/mol. The summed E-state index contributed by atoms with van der Waals surface area (Å²) < 4.78 is 0. The molecule has 0 aliphatic rings. The van der Waals surface area contributed by atoms with E-state index >= 15 is 0 Å². The number of hydrogen-bond acceptors (Lipinski definition) is 2. The number of aliphatic hydroxyl groups excluding tert-OH is 2. The standard InChI is InChI=1S/C11H14Cl2O2/c1-2-4-9(14)11(15)7-5-3-6-8(12)10(7)13/h3,5-6,9,11,14-15H,2,4H2,1H3. The van der Waals surface area contributed by atoms with Crippen molar-refractivity contribution in [1.82, 2.24) is 0 Å². The number of aliphatic hydroxyl groups is 2. The van der Waals surface area contributed by atoms with Gasteiger partial charge in [-0.2, -0.15) is 0 Å². The average molecular weight is 249 g/mol. The Morgan fingerprint density at radius 1 is 1.27 bits per heavy atom. The van der Waals surface area contributed by atoms with Gasteiger partial charge in [-0.3, -0.25) is 0 Å². The quantitative estimate of drug-likeness (QED) is 0.860. The van der Waals surface area contributed by atoms with Crippen molar-refractivity contribution in [2.45, 2.75) is 32.0 Å². The van der Waals surface area contributed by atoms with Crippen LogP contribution < -0.4 is 0 Å². The third-order valence-corrected chi connectivity index (χ3v) is 3.08. The number of rotatable bonds is 4. The van der Waals surface area contributed by atoms with E-state index in [1.807, 2.05) is 6.92 Å². The highest BCUT2D eigenvalue weighted by molar-refractivity contribution is 6.42. The van der Waals surface area contributed by atoms with Gasteiger partial charge in [-0.25, -0.2) is 0 Å². The van der Waals surface area contributed by atoms with Crippen molar-refractivity contribution in [2.24, 2.45) is 0 Å². The minimum atomic E-state index is -0.976. The van der Waals surface area contributed by atoms with E-state index in [4.69, 9.17) is 23.2 Å². The zero-order valence-corrected chi connectivity index (χ0v) is 9.96. The summed E-state index contributed by atoms with van der Waals surface area (Å²) >= 11 is 11.7. The van der Waals surface area contributed by atoms with E-state index < -0.39 is 12.2 Å². The first-order chi connectivity index (χ1) is 7.07. The van der Waals surface area contributed by atoms with Crippen molar-refractivity contribution in [2.75, 3.05) is 0 Å². The number of halogens is 2. The molecule has 2 unspecified atom stereocenters. The molecule has 0 bridgehead atoms. The number of hydrogen-bond donors (Lipinski definition) is 2. The summed E-state index contributed by atoms with van der Waals surface area (Å²) in [5.74, 6) is 0. The first kappa shape index (κ1) is 12.8. The Labute approximate surface area is 99.5 Å². The van der Waals surface area contributed by atoms with E-state index in [1.54, 1.807) is 18.2 Å². The van der Waals surface area contributed by atoms with E-state index in [9.17, 15) is 10.2 Å². The predicted octanol–water partition coefficient (Wildman–Crippen LogP) is 3.19. The molecule has 0 saturated heterocycles. The lowest BCUT2D eigenvalue weighted by atomic mass is 10.0. The molecule has 0 aromatic heterocycles. The Balaban J connectivity index is 2.90. The second-order valence-corrected chi connectivity index (χ2v) is 4.23. The van der Waals surface area contributed by atoms with Gasteiger partial charge in [-0.05, 0) is 12.5 Å². The van der Waals surface area contributed by atoms with E-state index in [1.165, 1.54) is 0 Å². The van der Waals surface area contributed by atoms with Crippen molar-refractivity contribution in [1.29, 1.82) is 0 Å². The highest BCUT2D eigenvalue weighted by Crippen LogP contribution is 2.32. The fourth-order valence-electron chi connectivity index (χ4n) is 1.41. The summed E-state index contributed by atoms with van der Waals surface area (Å²) in [6, 6.07) is 5.01. The molecule has 0 fully saturated rings. The van der Waals surface area contributed by atoms with Crippen LogP contribution in [-0.2, 0) is 0 Å². The van der Waals surface area contributed by atoms with Crippen LogP contribution in [0.1, 0.15) is 31.4 Å². The maximum Gasteiger partial charge on any atom is 0.106 e. The molecular weight excluding hydrogens is 235 g/mol. The van der Waals surface area contributed by atoms with Crippen LogP contribution in [-0.4, -0.2) is 16.3 Å². The van der Waals surface area contributed by atoms with Crippen LogP contribution in [0.2, 0.25) is 10.0 Å². The first-order valence-corrected chi connectivity index (χ1v) is 5.63. The molecule has 2 atom stereocenters. The molecule has 0 heterocycles. The molecule has 1 aromatic rings. The van der Waals surface area contributed by atoms with Crippen molar-refractivity contribution < 1.29 is 10.2 Å². The Kier molecular flexibility index (Phi) is 4.87. The Bertz CT molecular complexity index is 328. The lowest BCUT2D eigenvalue weighted by Crippen LogP contribution is -2.18. The molecule has 0 amide bonds. The lowest BCUT2D eigenvalue weighted by molar-refractivity contribution is 0.0131. The molecule has 1 aromatic carbocycles. The lowest BCUT2D eigenvalue weighted by Gasteiger charge is -2.18. The smallest absolute Gasteiger partial charge is 0.106 e. The highest BCUT2D eigenvalue weighted by atomic mass is 35.5. The zero-order chi connectivity index (χ0) is 11.4. The highest BCUT2D eigenvalue weighted by Gasteiger charge is 2.20. The van der Waals surface area contributed by atoms with E-state index in [0.717, 1.165) is 6.42 Å².